The van der Waals surface area contributed by atoms with Crippen molar-refractivity contribution < 1.29 is 14.7 Å². The second-order valence-corrected chi connectivity index (χ2v) is 6.63. The first-order valence-corrected chi connectivity index (χ1v) is 8.40. The summed E-state index contributed by atoms with van der Waals surface area (Å²) in [6, 6.07) is 15.1. The molecular weight excluding hydrogens is 316 g/mol. The number of urea groups is 1. The van der Waals surface area contributed by atoms with Gasteiger partial charge in [0.2, 0.25) is 0 Å². The molecule has 0 spiro atoms. The molecule has 1 N–H and O–H groups in total. The molecule has 0 aromatic heterocycles. The zero-order valence-corrected chi connectivity index (χ0v) is 14.5. The van der Waals surface area contributed by atoms with Crippen LogP contribution in [-0.4, -0.2) is 32.9 Å². The van der Waals surface area contributed by atoms with Crippen molar-refractivity contribution in [2.45, 2.75) is 39.5 Å². The average molecular weight is 338 g/mol. The highest BCUT2D eigenvalue weighted by Gasteiger charge is 2.29. The molecule has 0 aliphatic carbocycles. The van der Waals surface area contributed by atoms with Crippen LogP contribution >= 0.6 is 0 Å². The summed E-state index contributed by atoms with van der Waals surface area (Å²) >= 11 is 0. The summed E-state index contributed by atoms with van der Waals surface area (Å²) in [7, 11) is 0. The predicted octanol–water partition coefficient (Wildman–Crippen LogP) is 3.73. The molecule has 25 heavy (non-hydrogen) atoms. The zero-order valence-electron chi connectivity index (χ0n) is 14.5. The number of rotatable bonds is 4. The van der Waals surface area contributed by atoms with Crippen molar-refractivity contribution in [3.63, 3.8) is 0 Å². The molecule has 1 aliphatic heterocycles. The number of carbonyl (C=O) groups is 2. The van der Waals surface area contributed by atoms with E-state index in [4.69, 9.17) is 5.11 Å². The van der Waals surface area contributed by atoms with Crippen LogP contribution in [0.5, 0.6) is 0 Å². The number of carboxylic acid groups (broad SMARTS) is 1. The highest BCUT2D eigenvalue weighted by molar-refractivity contribution is 5.88. The van der Waals surface area contributed by atoms with Gasteiger partial charge >= 0.3 is 12.0 Å². The SMILES string of the molecule is CC(C)N(Cc1ccccc1)C(=O)N1Cc2ccc(C(=O)O)cc2C1. The number of benzene rings is 2. The molecule has 130 valence electrons. The first-order chi connectivity index (χ1) is 12.0. The molecule has 0 atom stereocenters. The van der Waals surface area contributed by atoms with Gasteiger partial charge in [-0.05, 0) is 42.7 Å². The van der Waals surface area contributed by atoms with Crippen LogP contribution in [0.15, 0.2) is 48.5 Å². The molecular formula is C20H22N2O3. The van der Waals surface area contributed by atoms with Crippen LogP contribution in [0.1, 0.15) is 40.9 Å². The van der Waals surface area contributed by atoms with Crippen LogP contribution in [0.4, 0.5) is 4.79 Å². The molecule has 0 unspecified atom stereocenters. The van der Waals surface area contributed by atoms with Crippen LogP contribution in [0.3, 0.4) is 0 Å². The molecule has 0 bridgehead atoms. The predicted molar refractivity (Wildman–Crippen MR) is 95.2 cm³/mol. The van der Waals surface area contributed by atoms with Gasteiger partial charge in [-0.3, -0.25) is 0 Å². The highest BCUT2D eigenvalue weighted by atomic mass is 16.4. The van der Waals surface area contributed by atoms with Gasteiger partial charge in [-0.25, -0.2) is 9.59 Å². The average Bonchev–Trinajstić information content (AvgIpc) is 3.03. The normalized spacial score (nSPS) is 13.0. The van der Waals surface area contributed by atoms with Crippen molar-refractivity contribution in [3.05, 3.63) is 70.8 Å². The molecule has 3 rings (SSSR count). The number of aromatic carboxylic acids is 1. The lowest BCUT2D eigenvalue weighted by Gasteiger charge is -2.31. The van der Waals surface area contributed by atoms with Gasteiger partial charge in [0.05, 0.1) is 5.56 Å². The Morgan fingerprint density at radius 2 is 1.76 bits per heavy atom. The number of nitrogens with zero attached hydrogens (tertiary/aromatic N) is 2. The molecule has 2 aromatic carbocycles. The Morgan fingerprint density at radius 1 is 1.08 bits per heavy atom. The van der Waals surface area contributed by atoms with Crippen molar-refractivity contribution in [2.75, 3.05) is 0 Å². The number of fused-ring (bicyclic) bond motifs is 1. The molecule has 0 radical (unpaired) electrons. The van der Waals surface area contributed by atoms with E-state index in [1.54, 1.807) is 17.0 Å². The van der Waals surface area contributed by atoms with Crippen LogP contribution in [0.2, 0.25) is 0 Å². The topological polar surface area (TPSA) is 60.9 Å². The molecule has 5 nitrogen and oxygen atoms in total. The molecule has 5 heteroatoms. The summed E-state index contributed by atoms with van der Waals surface area (Å²) in [5.74, 6) is -0.944. The van der Waals surface area contributed by atoms with E-state index in [9.17, 15) is 9.59 Å². The van der Waals surface area contributed by atoms with Gasteiger partial charge in [0.1, 0.15) is 0 Å². The first kappa shape index (κ1) is 17.0. The minimum atomic E-state index is -0.944. The summed E-state index contributed by atoms with van der Waals surface area (Å²) in [6.07, 6.45) is 0. The fourth-order valence-corrected chi connectivity index (χ4v) is 3.10. The van der Waals surface area contributed by atoms with Gasteiger partial charge in [0.25, 0.3) is 0 Å². The standard InChI is InChI=1S/C20H22N2O3/c1-14(2)22(11-15-6-4-3-5-7-15)20(25)21-12-17-9-8-16(19(23)24)10-18(17)13-21/h3-10,14H,11-13H2,1-2H3,(H,23,24). The minimum Gasteiger partial charge on any atom is -0.478 e. The lowest BCUT2D eigenvalue weighted by molar-refractivity contribution is 0.0696. The quantitative estimate of drug-likeness (QED) is 0.924. The number of hydrogen-bond donors (Lipinski definition) is 1. The van der Waals surface area contributed by atoms with E-state index >= 15 is 0 Å². The van der Waals surface area contributed by atoms with Crippen LogP contribution in [-0.2, 0) is 19.6 Å². The van der Waals surface area contributed by atoms with Crippen LogP contribution in [0.25, 0.3) is 0 Å². The molecule has 0 fully saturated rings. The Morgan fingerprint density at radius 3 is 2.40 bits per heavy atom. The lowest BCUT2D eigenvalue weighted by Crippen LogP contribution is -2.43. The highest BCUT2D eigenvalue weighted by Crippen LogP contribution is 2.26. The van der Waals surface area contributed by atoms with Crippen molar-refractivity contribution in [1.29, 1.82) is 0 Å². The first-order valence-electron chi connectivity index (χ1n) is 8.40. The van der Waals surface area contributed by atoms with Crippen LogP contribution in [0, 0.1) is 0 Å². The third-order valence-electron chi connectivity index (χ3n) is 4.51. The van der Waals surface area contributed by atoms with E-state index in [-0.39, 0.29) is 17.6 Å². The monoisotopic (exact) mass is 338 g/mol. The summed E-state index contributed by atoms with van der Waals surface area (Å²) in [5.41, 5.74) is 3.28. The molecule has 0 saturated heterocycles. The second-order valence-electron chi connectivity index (χ2n) is 6.63. The zero-order chi connectivity index (χ0) is 18.0. The van der Waals surface area contributed by atoms with Crippen LogP contribution < -0.4 is 0 Å². The third kappa shape index (κ3) is 3.65. The minimum absolute atomic E-state index is 0.0214. The van der Waals surface area contributed by atoms with Crippen molar-refractivity contribution in [1.82, 2.24) is 9.80 Å². The van der Waals surface area contributed by atoms with E-state index in [1.165, 1.54) is 0 Å². The van der Waals surface area contributed by atoms with Gasteiger partial charge in [-0.1, -0.05) is 36.4 Å². The number of amides is 2. The Balaban J connectivity index is 1.76. The van der Waals surface area contributed by atoms with E-state index < -0.39 is 5.97 Å². The Kier molecular flexibility index (Phi) is 4.74. The smallest absolute Gasteiger partial charge is 0.335 e. The number of carboxylic acids is 1. The number of hydrogen-bond acceptors (Lipinski definition) is 2. The molecule has 2 aromatic rings. The fourth-order valence-electron chi connectivity index (χ4n) is 3.10. The largest absolute Gasteiger partial charge is 0.478 e. The van der Waals surface area contributed by atoms with Crippen molar-refractivity contribution >= 4 is 12.0 Å². The van der Waals surface area contributed by atoms with Gasteiger partial charge in [-0.2, -0.15) is 0 Å². The number of carbonyl (C=O) groups excluding carboxylic acids is 1. The maximum atomic E-state index is 13.0. The molecule has 2 amide bonds. The Bertz CT molecular complexity index is 787. The summed E-state index contributed by atoms with van der Waals surface area (Å²) < 4.78 is 0. The van der Waals surface area contributed by atoms with Crippen molar-refractivity contribution in [3.8, 4) is 0 Å². The summed E-state index contributed by atoms with van der Waals surface area (Å²) in [6.45, 7) is 5.54. The van der Waals surface area contributed by atoms with E-state index in [1.807, 2.05) is 55.1 Å². The second kappa shape index (κ2) is 6.97. The van der Waals surface area contributed by atoms with Gasteiger partial charge in [0, 0.05) is 25.7 Å². The van der Waals surface area contributed by atoms with E-state index in [0.29, 0.717) is 19.6 Å². The summed E-state index contributed by atoms with van der Waals surface area (Å²) in [5, 5.41) is 9.13. The molecule has 1 heterocycles. The van der Waals surface area contributed by atoms with E-state index in [0.717, 1.165) is 16.7 Å². The Hall–Kier alpha value is -2.82. The lowest BCUT2D eigenvalue weighted by atomic mass is 10.1. The van der Waals surface area contributed by atoms with Gasteiger partial charge < -0.3 is 14.9 Å². The molecule has 1 aliphatic rings. The Labute approximate surface area is 147 Å². The fraction of sp³-hybridized carbons (Fsp3) is 0.300. The van der Waals surface area contributed by atoms with E-state index in [2.05, 4.69) is 0 Å². The summed E-state index contributed by atoms with van der Waals surface area (Å²) in [4.78, 5) is 27.8. The molecule has 0 saturated carbocycles. The third-order valence-corrected chi connectivity index (χ3v) is 4.51. The maximum absolute atomic E-state index is 13.0. The van der Waals surface area contributed by atoms with Crippen molar-refractivity contribution in [2.24, 2.45) is 0 Å². The maximum Gasteiger partial charge on any atom is 0.335 e. The van der Waals surface area contributed by atoms with Gasteiger partial charge in [0.15, 0.2) is 0 Å². The van der Waals surface area contributed by atoms with Gasteiger partial charge in [-0.15, -0.1) is 0 Å².